The highest BCUT2D eigenvalue weighted by Gasteiger charge is 2.22. The van der Waals surface area contributed by atoms with Gasteiger partial charge in [-0.3, -0.25) is 19.9 Å². The number of hydrogen-bond donors (Lipinski definition) is 3. The summed E-state index contributed by atoms with van der Waals surface area (Å²) in [7, 11) is 0. The van der Waals surface area contributed by atoms with Crippen LogP contribution in [0.3, 0.4) is 0 Å². The standard InChI is InChI=1S/C28H22F2N8O/c1-14(2)9-21(39)34-16-10-15(11-31-12-16)18-13-33-27-22(23(18)30)26(37-38-27)28-35-20-7-8-32-24(25(20)36-28)17-5-3-4-6-19(17)29/h3-8,10-14H,9H2,1-2H3,(H,34,39)(H,35,36)(H,33,37,38). The van der Waals surface area contributed by atoms with Crippen molar-refractivity contribution >= 4 is 33.7 Å². The Hall–Kier alpha value is -5.06. The molecule has 0 aliphatic rings. The molecule has 0 saturated carbocycles. The van der Waals surface area contributed by atoms with Crippen LogP contribution in [0.4, 0.5) is 14.5 Å². The Balaban J connectivity index is 1.43. The molecule has 0 aliphatic carbocycles. The van der Waals surface area contributed by atoms with E-state index in [1.165, 1.54) is 24.7 Å². The Kier molecular flexibility index (Phi) is 6.02. The molecule has 194 valence electrons. The van der Waals surface area contributed by atoms with E-state index in [0.717, 1.165) is 0 Å². The molecular formula is C28H22F2N8O. The zero-order chi connectivity index (χ0) is 27.1. The van der Waals surface area contributed by atoms with Gasteiger partial charge in [-0.05, 0) is 30.2 Å². The van der Waals surface area contributed by atoms with Crippen molar-refractivity contribution in [1.82, 2.24) is 35.1 Å². The van der Waals surface area contributed by atoms with Crippen LogP contribution >= 0.6 is 0 Å². The number of H-pyrrole nitrogens is 2. The highest BCUT2D eigenvalue weighted by atomic mass is 19.1. The minimum absolute atomic E-state index is 0.126. The zero-order valence-corrected chi connectivity index (χ0v) is 21.0. The van der Waals surface area contributed by atoms with Crippen molar-refractivity contribution in [3.05, 3.63) is 72.8 Å². The van der Waals surface area contributed by atoms with Gasteiger partial charge < -0.3 is 10.3 Å². The second-order valence-electron chi connectivity index (χ2n) is 9.51. The third kappa shape index (κ3) is 4.48. The van der Waals surface area contributed by atoms with Gasteiger partial charge in [0.15, 0.2) is 11.5 Å². The Labute approximate surface area is 220 Å². The monoisotopic (exact) mass is 524 g/mol. The van der Waals surface area contributed by atoms with Crippen molar-refractivity contribution in [2.24, 2.45) is 5.92 Å². The number of carbonyl (C=O) groups is 1. The summed E-state index contributed by atoms with van der Waals surface area (Å²) in [5.41, 5.74) is 3.19. The van der Waals surface area contributed by atoms with Crippen LogP contribution in [0.1, 0.15) is 20.3 Å². The number of hydrogen-bond acceptors (Lipinski definition) is 6. The topological polar surface area (TPSA) is 125 Å². The maximum atomic E-state index is 16.0. The molecule has 1 amide bonds. The first-order chi connectivity index (χ1) is 18.9. The number of nitrogens with one attached hydrogen (secondary N) is 3. The molecule has 3 N–H and O–H groups in total. The van der Waals surface area contributed by atoms with Gasteiger partial charge in [-0.15, -0.1) is 0 Å². The average molecular weight is 525 g/mol. The van der Waals surface area contributed by atoms with Gasteiger partial charge in [0.1, 0.15) is 28.5 Å². The lowest BCUT2D eigenvalue weighted by molar-refractivity contribution is -0.116. The van der Waals surface area contributed by atoms with E-state index in [1.54, 1.807) is 36.5 Å². The van der Waals surface area contributed by atoms with Gasteiger partial charge in [-0.1, -0.05) is 26.0 Å². The Morgan fingerprint density at radius 1 is 1.03 bits per heavy atom. The van der Waals surface area contributed by atoms with Gasteiger partial charge in [-0.2, -0.15) is 5.10 Å². The van der Waals surface area contributed by atoms with E-state index in [9.17, 15) is 9.18 Å². The van der Waals surface area contributed by atoms with E-state index in [4.69, 9.17) is 0 Å². The number of halogens is 2. The molecule has 6 aromatic rings. The van der Waals surface area contributed by atoms with E-state index in [2.05, 4.69) is 40.4 Å². The van der Waals surface area contributed by atoms with Gasteiger partial charge in [0, 0.05) is 41.7 Å². The predicted molar refractivity (Wildman–Crippen MR) is 143 cm³/mol. The fraction of sp³-hybridized carbons (Fsp3) is 0.143. The third-order valence-electron chi connectivity index (χ3n) is 6.21. The number of amides is 1. The van der Waals surface area contributed by atoms with E-state index in [-0.39, 0.29) is 39.9 Å². The molecule has 0 bridgehead atoms. The molecule has 0 aliphatic heterocycles. The normalized spacial score (nSPS) is 11.5. The number of pyridine rings is 3. The van der Waals surface area contributed by atoms with Gasteiger partial charge in [-0.25, -0.2) is 18.7 Å². The molecule has 11 heteroatoms. The van der Waals surface area contributed by atoms with E-state index in [0.29, 0.717) is 40.0 Å². The summed E-state index contributed by atoms with van der Waals surface area (Å²) in [4.78, 5) is 32.8. The van der Waals surface area contributed by atoms with E-state index < -0.39 is 11.6 Å². The molecule has 1 aromatic carbocycles. The molecule has 0 spiro atoms. The van der Waals surface area contributed by atoms with Crippen molar-refractivity contribution in [2.75, 3.05) is 5.32 Å². The summed E-state index contributed by atoms with van der Waals surface area (Å²) >= 11 is 0. The molecule has 0 radical (unpaired) electrons. The second-order valence-corrected chi connectivity index (χ2v) is 9.51. The fourth-order valence-corrected chi connectivity index (χ4v) is 4.46. The molecule has 39 heavy (non-hydrogen) atoms. The quantitative estimate of drug-likeness (QED) is 0.250. The minimum atomic E-state index is -0.580. The van der Waals surface area contributed by atoms with Crippen LogP contribution in [-0.2, 0) is 4.79 Å². The van der Waals surface area contributed by atoms with Gasteiger partial charge in [0.25, 0.3) is 0 Å². The summed E-state index contributed by atoms with van der Waals surface area (Å²) in [5.74, 6) is -0.689. The van der Waals surface area contributed by atoms with Crippen molar-refractivity contribution < 1.29 is 13.6 Å². The predicted octanol–water partition coefficient (Wildman–Crippen LogP) is 5.89. The highest BCUT2D eigenvalue weighted by molar-refractivity contribution is 5.97. The zero-order valence-electron chi connectivity index (χ0n) is 21.0. The average Bonchev–Trinajstić information content (AvgIpc) is 3.53. The number of fused-ring (bicyclic) bond motifs is 2. The van der Waals surface area contributed by atoms with Crippen LogP contribution in [-0.4, -0.2) is 41.0 Å². The number of aromatic amines is 2. The Bertz CT molecular complexity index is 1860. The smallest absolute Gasteiger partial charge is 0.224 e. The van der Waals surface area contributed by atoms with Crippen molar-refractivity contribution in [3.63, 3.8) is 0 Å². The molecule has 0 unspecified atom stereocenters. The summed E-state index contributed by atoms with van der Waals surface area (Å²) in [6.45, 7) is 3.90. The van der Waals surface area contributed by atoms with Crippen molar-refractivity contribution in [1.29, 1.82) is 0 Å². The largest absolute Gasteiger partial charge is 0.336 e. The SMILES string of the molecule is CC(C)CC(=O)Nc1cncc(-c2cnc3[nH]nc(-c4nc5c(-c6ccccc6F)nccc5[nH]4)c3c2F)c1. The van der Waals surface area contributed by atoms with Crippen LogP contribution in [0.2, 0.25) is 0 Å². The van der Waals surface area contributed by atoms with Crippen LogP contribution in [0.15, 0.2) is 61.2 Å². The molecule has 5 heterocycles. The first kappa shape index (κ1) is 24.3. The molecule has 0 fully saturated rings. The number of benzene rings is 1. The first-order valence-corrected chi connectivity index (χ1v) is 12.3. The Morgan fingerprint density at radius 3 is 2.69 bits per heavy atom. The van der Waals surface area contributed by atoms with Crippen LogP contribution in [0, 0.1) is 17.6 Å². The van der Waals surface area contributed by atoms with Gasteiger partial charge in [0.2, 0.25) is 5.91 Å². The number of nitrogens with zero attached hydrogens (tertiary/aromatic N) is 5. The molecule has 5 aromatic heterocycles. The van der Waals surface area contributed by atoms with Crippen molar-refractivity contribution in [2.45, 2.75) is 20.3 Å². The van der Waals surface area contributed by atoms with Gasteiger partial charge in [0.05, 0.1) is 22.8 Å². The number of aromatic nitrogens is 7. The summed E-state index contributed by atoms with van der Waals surface area (Å²) in [5, 5.41) is 9.95. The first-order valence-electron chi connectivity index (χ1n) is 12.3. The van der Waals surface area contributed by atoms with Crippen LogP contribution < -0.4 is 5.32 Å². The second kappa shape index (κ2) is 9.67. The third-order valence-corrected chi connectivity index (χ3v) is 6.21. The summed E-state index contributed by atoms with van der Waals surface area (Å²) in [6.07, 6.45) is 6.29. The van der Waals surface area contributed by atoms with Gasteiger partial charge >= 0.3 is 0 Å². The highest BCUT2D eigenvalue weighted by Crippen LogP contribution is 2.34. The molecule has 6 rings (SSSR count). The molecule has 9 nitrogen and oxygen atoms in total. The van der Waals surface area contributed by atoms with Crippen LogP contribution in [0.5, 0.6) is 0 Å². The minimum Gasteiger partial charge on any atom is -0.336 e. The number of carbonyl (C=O) groups excluding carboxylic acids is 1. The molecule has 0 saturated heterocycles. The number of rotatable bonds is 6. The lowest BCUT2D eigenvalue weighted by Crippen LogP contribution is -2.14. The molecular weight excluding hydrogens is 502 g/mol. The number of anilines is 1. The van der Waals surface area contributed by atoms with E-state index >= 15 is 4.39 Å². The van der Waals surface area contributed by atoms with Crippen LogP contribution in [0.25, 0.3) is 56.0 Å². The Morgan fingerprint density at radius 2 is 1.87 bits per heavy atom. The maximum Gasteiger partial charge on any atom is 0.224 e. The lowest BCUT2D eigenvalue weighted by atomic mass is 10.1. The maximum absolute atomic E-state index is 16.0. The summed E-state index contributed by atoms with van der Waals surface area (Å²) < 4.78 is 30.6. The number of imidazole rings is 1. The summed E-state index contributed by atoms with van der Waals surface area (Å²) in [6, 6.07) is 9.64. The fourth-order valence-electron chi connectivity index (χ4n) is 4.46. The van der Waals surface area contributed by atoms with E-state index in [1.807, 2.05) is 13.8 Å². The molecule has 0 atom stereocenters. The van der Waals surface area contributed by atoms with Crippen molar-refractivity contribution in [3.8, 4) is 33.9 Å². The lowest BCUT2D eigenvalue weighted by Gasteiger charge is -2.09.